The molecule has 1 unspecified atom stereocenters. The molecule has 0 aliphatic carbocycles. The van der Waals surface area contributed by atoms with Crippen LogP contribution in [0.15, 0.2) is 48.5 Å². The first-order valence-corrected chi connectivity index (χ1v) is 7.78. The van der Waals surface area contributed by atoms with Crippen LogP contribution in [0.1, 0.15) is 28.8 Å². The van der Waals surface area contributed by atoms with Crippen molar-refractivity contribution in [3.05, 3.63) is 65.5 Å². The number of carbonyl (C=O) groups is 1. The Balaban J connectivity index is 2.15. The minimum atomic E-state index is -0.412. The van der Waals surface area contributed by atoms with Gasteiger partial charge < -0.3 is 4.74 Å². The number of ether oxygens (including phenoxy) is 1. The van der Waals surface area contributed by atoms with Gasteiger partial charge in [0.15, 0.2) is 5.78 Å². The molecule has 0 saturated carbocycles. The van der Waals surface area contributed by atoms with E-state index in [1.807, 2.05) is 30.3 Å². The largest absolute Gasteiger partial charge is 0.492 e. The van der Waals surface area contributed by atoms with Crippen molar-refractivity contribution in [3.63, 3.8) is 0 Å². The van der Waals surface area contributed by atoms with Crippen molar-refractivity contribution in [2.24, 2.45) is 0 Å². The lowest BCUT2D eigenvalue weighted by Gasteiger charge is -2.17. The van der Waals surface area contributed by atoms with Gasteiger partial charge in [-0.15, -0.1) is 0 Å². The van der Waals surface area contributed by atoms with E-state index in [0.29, 0.717) is 17.9 Å². The summed E-state index contributed by atoms with van der Waals surface area (Å²) < 4.78 is 19.0. The molecular weight excluding hydrogens is 335 g/mol. The summed E-state index contributed by atoms with van der Waals surface area (Å²) >= 11 is 3.47. The number of rotatable bonds is 6. The molecular formula is C17H16BrFO2. The maximum atomic E-state index is 13.3. The number of carbonyl (C=O) groups excluding carboxylic acids is 1. The van der Waals surface area contributed by atoms with E-state index in [0.717, 1.165) is 10.9 Å². The summed E-state index contributed by atoms with van der Waals surface area (Å²) in [5, 5.41) is 0.724. The van der Waals surface area contributed by atoms with Gasteiger partial charge in [-0.3, -0.25) is 4.79 Å². The molecule has 1 atom stereocenters. The Morgan fingerprint density at radius 2 is 1.95 bits per heavy atom. The minimum absolute atomic E-state index is 0.134. The molecule has 0 N–H and O–H groups in total. The van der Waals surface area contributed by atoms with Gasteiger partial charge in [0.2, 0.25) is 0 Å². The topological polar surface area (TPSA) is 26.3 Å². The summed E-state index contributed by atoms with van der Waals surface area (Å²) in [4.78, 5) is 11.5. The molecule has 2 aromatic carbocycles. The number of benzene rings is 2. The summed E-state index contributed by atoms with van der Waals surface area (Å²) in [5.41, 5.74) is 1.54. The Bertz CT molecular complexity index is 613. The predicted molar refractivity (Wildman–Crippen MR) is 84.9 cm³/mol. The smallest absolute Gasteiger partial charge is 0.163 e. The van der Waals surface area contributed by atoms with Gasteiger partial charge in [0.05, 0.1) is 12.2 Å². The van der Waals surface area contributed by atoms with Gasteiger partial charge in [-0.1, -0.05) is 46.3 Å². The molecule has 0 bridgehead atoms. The summed E-state index contributed by atoms with van der Waals surface area (Å²) in [6, 6.07) is 13.9. The Morgan fingerprint density at radius 3 is 2.57 bits per heavy atom. The second-order valence-electron chi connectivity index (χ2n) is 4.77. The van der Waals surface area contributed by atoms with E-state index < -0.39 is 5.82 Å². The predicted octanol–water partition coefficient (Wildman–Crippen LogP) is 4.59. The molecule has 21 heavy (non-hydrogen) atoms. The van der Waals surface area contributed by atoms with Crippen LogP contribution in [0.4, 0.5) is 4.39 Å². The molecule has 0 fully saturated rings. The van der Waals surface area contributed by atoms with Crippen molar-refractivity contribution in [1.29, 1.82) is 0 Å². The van der Waals surface area contributed by atoms with Gasteiger partial charge in [-0.2, -0.15) is 0 Å². The quantitative estimate of drug-likeness (QED) is 0.562. The molecule has 4 heteroatoms. The van der Waals surface area contributed by atoms with Crippen LogP contribution in [0.3, 0.4) is 0 Å². The highest BCUT2D eigenvalue weighted by Gasteiger charge is 2.14. The van der Waals surface area contributed by atoms with Crippen LogP contribution >= 0.6 is 15.9 Å². The van der Waals surface area contributed by atoms with Crippen LogP contribution in [0.5, 0.6) is 5.75 Å². The average Bonchev–Trinajstić information content (AvgIpc) is 2.48. The highest BCUT2D eigenvalue weighted by atomic mass is 79.9. The number of ketones is 1. The zero-order chi connectivity index (χ0) is 15.2. The molecule has 0 aliphatic heterocycles. The average molecular weight is 351 g/mol. The second-order valence-corrected chi connectivity index (χ2v) is 5.42. The molecule has 2 nitrogen and oxygen atoms in total. The number of hydrogen-bond donors (Lipinski definition) is 0. The molecule has 0 aliphatic rings. The third-order valence-corrected chi connectivity index (χ3v) is 4.00. The van der Waals surface area contributed by atoms with Crippen LogP contribution in [-0.2, 0) is 0 Å². The maximum Gasteiger partial charge on any atom is 0.163 e. The van der Waals surface area contributed by atoms with E-state index in [2.05, 4.69) is 15.9 Å². The first-order chi connectivity index (χ1) is 10.1. The third-order valence-electron chi connectivity index (χ3n) is 3.22. The Labute approximate surface area is 132 Å². The zero-order valence-corrected chi connectivity index (χ0v) is 13.3. The van der Waals surface area contributed by atoms with Crippen molar-refractivity contribution >= 4 is 21.7 Å². The van der Waals surface area contributed by atoms with E-state index in [1.165, 1.54) is 25.1 Å². The van der Waals surface area contributed by atoms with Gasteiger partial charge in [0.1, 0.15) is 11.6 Å². The lowest BCUT2D eigenvalue weighted by Crippen LogP contribution is -2.13. The SMILES string of the molecule is CC(=O)c1ccc(F)cc1OCC(CBr)c1ccccc1. The summed E-state index contributed by atoms with van der Waals surface area (Å²) in [6.07, 6.45) is 0. The lowest BCUT2D eigenvalue weighted by atomic mass is 10.0. The molecule has 110 valence electrons. The fraction of sp³-hybridized carbons (Fsp3) is 0.235. The van der Waals surface area contributed by atoms with E-state index in [1.54, 1.807) is 0 Å². The molecule has 0 radical (unpaired) electrons. The van der Waals surface area contributed by atoms with Crippen molar-refractivity contribution in [2.75, 3.05) is 11.9 Å². The zero-order valence-electron chi connectivity index (χ0n) is 11.7. The summed E-state index contributed by atoms with van der Waals surface area (Å²) in [5.74, 6) is -0.121. The molecule has 2 rings (SSSR count). The Morgan fingerprint density at radius 1 is 1.24 bits per heavy atom. The van der Waals surface area contributed by atoms with Crippen molar-refractivity contribution in [1.82, 2.24) is 0 Å². The molecule has 0 spiro atoms. The first-order valence-electron chi connectivity index (χ1n) is 6.66. The van der Waals surface area contributed by atoms with E-state index in [-0.39, 0.29) is 11.7 Å². The van der Waals surface area contributed by atoms with Crippen LogP contribution in [0, 0.1) is 5.82 Å². The van der Waals surface area contributed by atoms with Gasteiger partial charge in [-0.25, -0.2) is 4.39 Å². The van der Waals surface area contributed by atoms with E-state index in [4.69, 9.17) is 4.74 Å². The number of hydrogen-bond acceptors (Lipinski definition) is 2. The van der Waals surface area contributed by atoms with E-state index in [9.17, 15) is 9.18 Å². The van der Waals surface area contributed by atoms with Crippen molar-refractivity contribution < 1.29 is 13.9 Å². The van der Waals surface area contributed by atoms with Crippen LogP contribution in [0.2, 0.25) is 0 Å². The van der Waals surface area contributed by atoms with Crippen LogP contribution < -0.4 is 4.74 Å². The van der Waals surface area contributed by atoms with Gasteiger partial charge >= 0.3 is 0 Å². The molecule has 2 aromatic rings. The summed E-state index contributed by atoms with van der Waals surface area (Å²) in [7, 11) is 0. The van der Waals surface area contributed by atoms with E-state index >= 15 is 0 Å². The normalized spacial score (nSPS) is 12.0. The fourth-order valence-electron chi connectivity index (χ4n) is 2.05. The molecule has 0 heterocycles. The Hall–Kier alpha value is -1.68. The number of Topliss-reactive ketones (excluding diaryl/α,β-unsaturated/α-hetero) is 1. The van der Waals surface area contributed by atoms with Crippen LogP contribution in [-0.4, -0.2) is 17.7 Å². The highest BCUT2D eigenvalue weighted by Crippen LogP contribution is 2.24. The molecule has 0 amide bonds. The Kier molecular flexibility index (Phi) is 5.51. The maximum absolute atomic E-state index is 13.3. The molecule has 0 aromatic heterocycles. The number of halogens is 2. The lowest BCUT2D eigenvalue weighted by molar-refractivity contribution is 0.101. The standard InChI is InChI=1S/C17H16BrFO2/c1-12(20)16-8-7-15(19)9-17(16)21-11-14(10-18)13-5-3-2-4-6-13/h2-9,14H,10-11H2,1H3. The van der Waals surface area contributed by atoms with Crippen molar-refractivity contribution in [3.8, 4) is 5.75 Å². The highest BCUT2D eigenvalue weighted by molar-refractivity contribution is 9.09. The monoisotopic (exact) mass is 350 g/mol. The van der Waals surface area contributed by atoms with Crippen LogP contribution in [0.25, 0.3) is 0 Å². The first kappa shape index (κ1) is 15.7. The van der Waals surface area contributed by atoms with Gasteiger partial charge in [0.25, 0.3) is 0 Å². The molecule has 0 saturated heterocycles. The minimum Gasteiger partial charge on any atom is -0.492 e. The van der Waals surface area contributed by atoms with Gasteiger partial charge in [0, 0.05) is 17.3 Å². The van der Waals surface area contributed by atoms with Gasteiger partial charge in [-0.05, 0) is 24.6 Å². The fourth-order valence-corrected chi connectivity index (χ4v) is 2.61. The third kappa shape index (κ3) is 4.14. The second kappa shape index (κ2) is 7.36. The number of alkyl halides is 1. The van der Waals surface area contributed by atoms with Crippen molar-refractivity contribution in [2.45, 2.75) is 12.8 Å². The summed E-state index contributed by atoms with van der Waals surface area (Å²) in [6.45, 7) is 1.82.